The fourth-order valence-electron chi connectivity index (χ4n) is 1.30. The molecule has 0 aromatic rings. The van der Waals surface area contributed by atoms with Crippen molar-refractivity contribution < 1.29 is 79.7 Å². The fraction of sp³-hybridized carbons (Fsp3) is 1.00. The lowest BCUT2D eigenvalue weighted by atomic mass is 9.89. The van der Waals surface area contributed by atoms with Crippen LogP contribution in [0, 0.1) is 0 Å². The van der Waals surface area contributed by atoms with Gasteiger partial charge < -0.3 is 5.11 Å². The summed E-state index contributed by atoms with van der Waals surface area (Å²) in [5.74, 6) is -56.8. The smallest absolute Gasteiger partial charge is 0.390 e. The van der Waals surface area contributed by atoms with Gasteiger partial charge in [-0.15, -0.1) is 0 Å². The van der Waals surface area contributed by atoms with Gasteiger partial charge in [0.1, 0.15) is 6.61 Å². The Hall–Kier alpha value is -1.23. The van der Waals surface area contributed by atoms with Crippen LogP contribution >= 0.6 is 0 Å². The summed E-state index contributed by atoms with van der Waals surface area (Å²) in [5.41, 5.74) is 0. The molecule has 0 aromatic carbocycles. The van der Waals surface area contributed by atoms with E-state index in [1.54, 1.807) is 0 Å². The van der Waals surface area contributed by atoms with E-state index in [2.05, 4.69) is 0 Å². The Morgan fingerprint density at radius 3 is 0.815 bits per heavy atom. The lowest BCUT2D eigenvalue weighted by Crippen LogP contribution is -2.74. The highest BCUT2D eigenvalue weighted by atomic mass is 19.4. The molecule has 0 bridgehead atoms. The van der Waals surface area contributed by atoms with E-state index < -0.39 is 54.2 Å². The minimum absolute atomic E-state index is 3.45. The number of hydrogen-bond donors (Lipinski definition) is 1. The summed E-state index contributed by atoms with van der Waals surface area (Å²) in [6, 6.07) is 0. The average molecular weight is 450 g/mol. The van der Waals surface area contributed by atoms with Gasteiger partial charge in [-0.25, -0.2) is 0 Å². The van der Waals surface area contributed by atoms with Crippen molar-refractivity contribution >= 4 is 0 Å². The molecule has 27 heavy (non-hydrogen) atoms. The van der Waals surface area contributed by atoms with Crippen molar-refractivity contribution in [2.45, 2.75) is 47.6 Å². The maximum atomic E-state index is 13.0. The zero-order valence-electron chi connectivity index (χ0n) is 11.6. The molecule has 164 valence electrons. The Labute approximate surface area is 135 Å². The maximum absolute atomic E-state index is 13.0. The highest BCUT2D eigenvalue weighted by Gasteiger charge is 2.95. The largest absolute Gasteiger partial charge is 0.460 e. The molecule has 0 saturated heterocycles. The topological polar surface area (TPSA) is 20.2 Å². The first-order chi connectivity index (χ1) is 11.3. The molecule has 0 amide bonds. The summed E-state index contributed by atoms with van der Waals surface area (Å²) >= 11 is 0. The lowest BCUT2D eigenvalue weighted by Gasteiger charge is -2.42. The van der Waals surface area contributed by atoms with Crippen LogP contribution in [0.5, 0.6) is 0 Å². The first kappa shape index (κ1) is 25.8. The highest BCUT2D eigenvalue weighted by molar-refractivity contribution is 5.14. The second-order valence-electron chi connectivity index (χ2n) is 4.81. The first-order valence-electron chi connectivity index (χ1n) is 5.63. The number of halogens is 17. The summed E-state index contributed by atoms with van der Waals surface area (Å²) < 4.78 is 214. The molecule has 1 nitrogen and oxygen atoms in total. The fourth-order valence-corrected chi connectivity index (χ4v) is 1.30. The lowest BCUT2D eigenvalue weighted by molar-refractivity contribution is -0.462. The average Bonchev–Trinajstić information content (AvgIpc) is 2.44. The zero-order chi connectivity index (χ0) is 22.7. The molecule has 0 spiro atoms. The molecule has 0 aliphatic heterocycles. The van der Waals surface area contributed by atoms with Crippen molar-refractivity contribution in [2.75, 3.05) is 6.61 Å². The SMILES string of the molecule is OCC(F)(F)C(F)(F)C(F)(F)C(F)(F)C(F)(F)C(F)(F)C(F)(F)C(F)(F)F. The molecule has 1 N–H and O–H groups in total. The molecule has 0 heterocycles. The molecule has 18 heteroatoms. The summed E-state index contributed by atoms with van der Waals surface area (Å²) in [7, 11) is 0. The number of alkyl halides is 17. The van der Waals surface area contributed by atoms with E-state index in [4.69, 9.17) is 5.11 Å². The Balaban J connectivity index is 6.65. The number of aliphatic hydroxyl groups is 1. The molecule has 0 aliphatic carbocycles. The van der Waals surface area contributed by atoms with E-state index in [0.29, 0.717) is 0 Å². The van der Waals surface area contributed by atoms with E-state index in [0.717, 1.165) is 0 Å². The van der Waals surface area contributed by atoms with Gasteiger partial charge in [0.2, 0.25) is 0 Å². The molecule has 0 rings (SSSR count). The van der Waals surface area contributed by atoms with Crippen LogP contribution in [0.3, 0.4) is 0 Å². The summed E-state index contributed by atoms with van der Waals surface area (Å²) in [6.45, 7) is -3.45. The molecule has 0 aromatic heterocycles. The Morgan fingerprint density at radius 2 is 0.593 bits per heavy atom. The van der Waals surface area contributed by atoms with E-state index in [1.807, 2.05) is 0 Å². The number of aliphatic hydroxyl groups excluding tert-OH is 1. The molecular weight excluding hydrogens is 447 g/mol. The van der Waals surface area contributed by atoms with Gasteiger partial charge in [0, 0.05) is 0 Å². The number of rotatable bonds is 7. The van der Waals surface area contributed by atoms with Gasteiger partial charge in [-0.3, -0.25) is 0 Å². The second kappa shape index (κ2) is 6.13. The predicted molar refractivity (Wildman–Crippen MR) is 47.8 cm³/mol. The maximum Gasteiger partial charge on any atom is 0.460 e. The van der Waals surface area contributed by atoms with E-state index >= 15 is 0 Å². The molecule has 0 fully saturated rings. The van der Waals surface area contributed by atoms with Gasteiger partial charge in [0.05, 0.1) is 0 Å². The van der Waals surface area contributed by atoms with E-state index in [1.165, 1.54) is 0 Å². The van der Waals surface area contributed by atoms with Crippen molar-refractivity contribution in [3.8, 4) is 0 Å². The molecule has 0 unspecified atom stereocenters. The van der Waals surface area contributed by atoms with Crippen molar-refractivity contribution in [3.05, 3.63) is 0 Å². The first-order valence-corrected chi connectivity index (χ1v) is 5.63. The normalized spacial score (nSPS) is 16.7. The van der Waals surface area contributed by atoms with Crippen LogP contribution in [0.25, 0.3) is 0 Å². The third-order valence-electron chi connectivity index (χ3n) is 2.99. The van der Waals surface area contributed by atoms with Crippen molar-refractivity contribution in [2.24, 2.45) is 0 Å². The van der Waals surface area contributed by atoms with Crippen LogP contribution in [-0.2, 0) is 0 Å². The van der Waals surface area contributed by atoms with Crippen LogP contribution in [0.2, 0.25) is 0 Å². The van der Waals surface area contributed by atoms with Gasteiger partial charge in [0.15, 0.2) is 0 Å². The van der Waals surface area contributed by atoms with Gasteiger partial charge in [-0.2, -0.15) is 74.6 Å². The van der Waals surface area contributed by atoms with Crippen LogP contribution in [0.1, 0.15) is 0 Å². The third kappa shape index (κ3) is 3.06. The van der Waals surface area contributed by atoms with Gasteiger partial charge in [0.25, 0.3) is 0 Å². The second-order valence-corrected chi connectivity index (χ2v) is 4.81. The van der Waals surface area contributed by atoms with E-state index in [-0.39, 0.29) is 0 Å². The summed E-state index contributed by atoms with van der Waals surface area (Å²) in [5, 5.41) is 7.74. The number of hydrogen-bond acceptors (Lipinski definition) is 1. The predicted octanol–water partition coefficient (Wildman–Crippen LogP) is 4.99. The van der Waals surface area contributed by atoms with Crippen LogP contribution in [0.15, 0.2) is 0 Å². The highest BCUT2D eigenvalue weighted by Crippen LogP contribution is 2.63. The van der Waals surface area contributed by atoms with Crippen molar-refractivity contribution in [3.63, 3.8) is 0 Å². The molecule has 0 saturated carbocycles. The van der Waals surface area contributed by atoms with Gasteiger partial charge in [-0.05, 0) is 0 Å². The minimum Gasteiger partial charge on any atom is -0.390 e. The van der Waals surface area contributed by atoms with Gasteiger partial charge >= 0.3 is 47.6 Å². The molecule has 0 atom stereocenters. The van der Waals surface area contributed by atoms with Gasteiger partial charge in [-0.1, -0.05) is 0 Å². The zero-order valence-corrected chi connectivity index (χ0v) is 11.6. The molecule has 0 aliphatic rings. The quantitative estimate of drug-likeness (QED) is 0.543. The molecule has 0 radical (unpaired) electrons. The standard InChI is InChI=1S/C9H3F17O/c10-2(11,1-27)3(12,13)4(14,15)5(16,17)6(18,19)7(20,21)8(22,23)9(24,25)26/h27H,1H2. The van der Waals surface area contributed by atoms with Crippen molar-refractivity contribution in [1.82, 2.24) is 0 Å². The van der Waals surface area contributed by atoms with Crippen LogP contribution in [0.4, 0.5) is 74.6 Å². The van der Waals surface area contributed by atoms with Crippen LogP contribution < -0.4 is 0 Å². The third-order valence-corrected chi connectivity index (χ3v) is 2.99. The summed E-state index contributed by atoms with van der Waals surface area (Å²) in [4.78, 5) is 0. The molecular formula is C9H3F17O. The Bertz CT molecular complexity index is 543. The van der Waals surface area contributed by atoms with Crippen LogP contribution in [-0.4, -0.2) is 59.3 Å². The Kier molecular flexibility index (Phi) is 5.85. The van der Waals surface area contributed by atoms with Crippen molar-refractivity contribution in [1.29, 1.82) is 0 Å². The summed E-state index contributed by atoms with van der Waals surface area (Å²) in [6.07, 6.45) is -7.77. The Morgan fingerprint density at radius 1 is 0.370 bits per heavy atom. The van der Waals surface area contributed by atoms with E-state index in [9.17, 15) is 74.6 Å². The monoisotopic (exact) mass is 450 g/mol. The minimum atomic E-state index is -8.64.